The third-order valence-electron chi connectivity index (χ3n) is 6.65. The fourth-order valence-corrected chi connectivity index (χ4v) is 5.96. The van der Waals surface area contributed by atoms with Gasteiger partial charge in [-0.2, -0.15) is 4.57 Å². The molecule has 2 fully saturated rings. The van der Waals surface area contributed by atoms with E-state index in [0.29, 0.717) is 35.6 Å². The molecule has 38 heavy (non-hydrogen) atoms. The highest BCUT2D eigenvalue weighted by molar-refractivity contribution is 8.00. The first-order valence-corrected chi connectivity index (χ1v) is 13.0. The molecule has 3 aliphatic rings. The van der Waals surface area contributed by atoms with Crippen molar-refractivity contribution in [3.63, 3.8) is 0 Å². The van der Waals surface area contributed by atoms with Gasteiger partial charge in [-0.15, -0.1) is 11.8 Å². The summed E-state index contributed by atoms with van der Waals surface area (Å²) < 4.78 is 1.75. The number of carbonyl (C=O) groups is 4. The average Bonchev–Trinajstić information content (AvgIpc) is 3.24. The van der Waals surface area contributed by atoms with Gasteiger partial charge in [0.1, 0.15) is 23.7 Å². The third-order valence-corrected chi connectivity index (χ3v) is 7.97. The highest BCUT2D eigenvalue weighted by atomic mass is 32.2. The van der Waals surface area contributed by atoms with Crippen LogP contribution in [-0.4, -0.2) is 62.3 Å². The smallest absolute Gasteiger partial charge is 0.290 e. The molecule has 2 saturated heterocycles. The van der Waals surface area contributed by atoms with Crippen LogP contribution in [0.25, 0.3) is 0 Å². The van der Waals surface area contributed by atoms with E-state index in [9.17, 15) is 29.4 Å². The number of fused-ring (bicyclic) bond motifs is 1. The fraction of sp³-hybridized carbons (Fsp3) is 0.269. The van der Waals surface area contributed by atoms with Crippen molar-refractivity contribution < 1.29 is 34.0 Å². The van der Waals surface area contributed by atoms with Crippen LogP contribution in [0.4, 0.5) is 5.69 Å². The van der Waals surface area contributed by atoms with Gasteiger partial charge >= 0.3 is 0 Å². The highest BCUT2D eigenvalue weighted by Gasteiger charge is 2.50. The maximum absolute atomic E-state index is 13.2. The van der Waals surface area contributed by atoms with Gasteiger partial charge in [-0.05, 0) is 42.3 Å². The van der Waals surface area contributed by atoms with E-state index in [4.69, 9.17) is 5.73 Å². The molecule has 2 atom stereocenters. The number of nitrogens with two attached hydrogens (primary N) is 1. The number of thioether (sulfide) groups is 1. The van der Waals surface area contributed by atoms with Gasteiger partial charge in [-0.25, -0.2) is 0 Å². The van der Waals surface area contributed by atoms with E-state index in [1.54, 1.807) is 39.9 Å². The summed E-state index contributed by atoms with van der Waals surface area (Å²) in [5.41, 5.74) is 7.67. The summed E-state index contributed by atoms with van der Waals surface area (Å²) in [5.74, 6) is -2.05. The van der Waals surface area contributed by atoms with Crippen LogP contribution in [-0.2, 0) is 32.3 Å². The molecule has 11 nitrogen and oxygen atoms in total. The SMILES string of the molecule is N[C@@H]1C(=O)N2C(C(=O)[O-])=C(/C=C3\CCN(Cc4cccc[n+]4CC(=O)Nc4ccc(O)cc4)C3=O)CS[C@H]12. The number of carbonyl (C=O) groups excluding carboxylic acids is 4. The van der Waals surface area contributed by atoms with Crippen LogP contribution in [0.15, 0.2) is 71.6 Å². The molecule has 0 spiro atoms. The number of phenolic OH excluding ortho intramolecular Hbond substituents is 1. The molecule has 0 radical (unpaired) electrons. The van der Waals surface area contributed by atoms with Crippen LogP contribution in [0.5, 0.6) is 5.75 Å². The van der Waals surface area contributed by atoms with Gasteiger partial charge in [0.2, 0.25) is 24.1 Å². The lowest BCUT2D eigenvalue weighted by atomic mass is 10.0. The number of phenols is 1. The average molecular weight is 536 g/mol. The van der Waals surface area contributed by atoms with E-state index in [2.05, 4.69) is 5.32 Å². The number of aromatic nitrogens is 1. The van der Waals surface area contributed by atoms with Crippen molar-refractivity contribution in [2.24, 2.45) is 5.73 Å². The van der Waals surface area contributed by atoms with Gasteiger partial charge in [-0.1, -0.05) is 6.07 Å². The number of β-lactam (4-membered cyclic amide) rings is 1. The lowest BCUT2D eigenvalue weighted by Crippen LogP contribution is -2.69. The van der Waals surface area contributed by atoms with Gasteiger partial charge < -0.3 is 31.0 Å². The summed E-state index contributed by atoms with van der Waals surface area (Å²) in [6.45, 7) is 0.705. The van der Waals surface area contributed by atoms with Crippen LogP contribution in [0.1, 0.15) is 12.1 Å². The predicted octanol–water partition coefficient (Wildman–Crippen LogP) is -0.776. The molecule has 5 rings (SSSR count). The van der Waals surface area contributed by atoms with Crippen molar-refractivity contribution in [3.8, 4) is 5.75 Å². The van der Waals surface area contributed by atoms with Gasteiger partial charge in [0.05, 0.1) is 11.7 Å². The number of benzene rings is 1. The Kier molecular flexibility index (Phi) is 6.91. The van der Waals surface area contributed by atoms with Crippen LogP contribution in [0, 0.1) is 0 Å². The van der Waals surface area contributed by atoms with Gasteiger partial charge in [-0.3, -0.25) is 19.3 Å². The van der Waals surface area contributed by atoms with E-state index in [1.165, 1.54) is 23.9 Å². The molecule has 0 saturated carbocycles. The fourth-order valence-electron chi connectivity index (χ4n) is 4.71. The maximum Gasteiger partial charge on any atom is 0.290 e. The number of hydrogen-bond donors (Lipinski definition) is 3. The molecule has 3 amide bonds. The van der Waals surface area contributed by atoms with Crippen LogP contribution in [0.3, 0.4) is 0 Å². The second-order valence-electron chi connectivity index (χ2n) is 9.16. The number of nitrogens with one attached hydrogen (secondary N) is 1. The Hall–Kier alpha value is -4.16. The number of rotatable bonds is 7. The number of hydrogen-bond acceptors (Lipinski definition) is 8. The van der Waals surface area contributed by atoms with Crippen molar-refractivity contribution in [3.05, 3.63) is 77.3 Å². The Bertz CT molecular complexity index is 1390. The molecule has 196 valence electrons. The second-order valence-corrected chi connectivity index (χ2v) is 10.3. The monoisotopic (exact) mass is 535 g/mol. The minimum Gasteiger partial charge on any atom is -0.543 e. The topological polar surface area (TPSA) is 160 Å². The summed E-state index contributed by atoms with van der Waals surface area (Å²) in [6, 6.07) is 10.9. The normalized spacial score (nSPS) is 22.0. The molecule has 0 aliphatic carbocycles. The molecule has 0 unspecified atom stereocenters. The van der Waals surface area contributed by atoms with Crippen molar-refractivity contribution in [2.45, 2.75) is 30.9 Å². The number of allylic oxidation sites excluding steroid dienone is 1. The summed E-state index contributed by atoms with van der Waals surface area (Å²) in [6.07, 6.45) is 3.72. The Morgan fingerprint density at radius 2 is 1.97 bits per heavy atom. The first-order chi connectivity index (χ1) is 18.2. The van der Waals surface area contributed by atoms with Crippen LogP contribution in [0.2, 0.25) is 0 Å². The molecular formula is C26H25N5O6S. The summed E-state index contributed by atoms with van der Waals surface area (Å²) >= 11 is 1.36. The van der Waals surface area contributed by atoms with Crippen LogP contribution < -0.4 is 20.7 Å². The number of carboxylic acid groups (broad SMARTS) is 1. The zero-order valence-corrected chi connectivity index (χ0v) is 21.0. The van der Waals surface area contributed by atoms with Crippen molar-refractivity contribution in [1.29, 1.82) is 0 Å². The van der Waals surface area contributed by atoms with Gasteiger partial charge in [0.15, 0.2) is 6.20 Å². The number of aliphatic carboxylic acids is 1. The molecular weight excluding hydrogens is 510 g/mol. The summed E-state index contributed by atoms with van der Waals surface area (Å²) in [4.78, 5) is 52.6. The van der Waals surface area contributed by atoms with Crippen molar-refractivity contribution in [1.82, 2.24) is 9.80 Å². The Balaban J connectivity index is 1.29. The number of carboxylic acids is 1. The predicted molar refractivity (Wildman–Crippen MR) is 135 cm³/mol. The molecule has 2 aromatic rings. The number of amides is 3. The van der Waals surface area contributed by atoms with Gasteiger partial charge in [0, 0.05) is 35.7 Å². The summed E-state index contributed by atoms with van der Waals surface area (Å²) in [5, 5.41) is 23.6. The molecule has 0 bridgehead atoms. The molecule has 12 heteroatoms. The number of aromatic hydroxyl groups is 1. The number of anilines is 1. The number of likely N-dealkylation sites (tertiary alicyclic amines) is 1. The lowest BCUT2D eigenvalue weighted by molar-refractivity contribution is -0.692. The van der Waals surface area contributed by atoms with E-state index < -0.39 is 23.3 Å². The lowest BCUT2D eigenvalue weighted by Gasteiger charge is -2.49. The molecule has 3 aliphatic heterocycles. The van der Waals surface area contributed by atoms with Crippen molar-refractivity contribution >= 4 is 41.1 Å². The van der Waals surface area contributed by atoms with E-state index in [0.717, 1.165) is 10.6 Å². The van der Waals surface area contributed by atoms with Crippen molar-refractivity contribution in [2.75, 3.05) is 17.6 Å². The Morgan fingerprint density at radius 3 is 2.71 bits per heavy atom. The van der Waals surface area contributed by atoms with E-state index >= 15 is 0 Å². The Labute approximate surface area is 222 Å². The van der Waals surface area contributed by atoms with E-state index in [-0.39, 0.29) is 36.4 Å². The number of nitrogens with zero attached hydrogens (tertiary/aromatic N) is 3. The first kappa shape index (κ1) is 25.5. The molecule has 1 aromatic heterocycles. The second kappa shape index (κ2) is 10.3. The summed E-state index contributed by atoms with van der Waals surface area (Å²) in [7, 11) is 0. The first-order valence-electron chi connectivity index (χ1n) is 11.9. The standard InChI is InChI=1S/C26H25N5O6S/c27-21-24(35)31-22(26(36)37)16(14-38-25(21)31)11-15-8-10-30(23(15)34)12-18-3-1-2-9-29(18)13-20(33)28-17-4-6-19(32)7-5-17/h1-7,9,11,21,25H,8,10,12-14,27H2,(H2-,28,32,33,36,37)/b15-11+/t21-,25-/m1/s1. The maximum atomic E-state index is 13.2. The largest absolute Gasteiger partial charge is 0.543 e. The number of pyridine rings is 1. The van der Waals surface area contributed by atoms with Crippen LogP contribution >= 0.6 is 11.8 Å². The third kappa shape index (κ3) is 4.87. The molecule has 4 heterocycles. The zero-order chi connectivity index (χ0) is 27.0. The van der Waals surface area contributed by atoms with E-state index in [1.807, 2.05) is 12.1 Å². The Morgan fingerprint density at radius 1 is 1.21 bits per heavy atom. The van der Waals surface area contributed by atoms with Gasteiger partial charge in [0.25, 0.3) is 5.91 Å². The molecule has 1 aromatic carbocycles. The minimum absolute atomic E-state index is 0.0218. The quantitative estimate of drug-likeness (QED) is 0.180. The molecule has 4 N–H and O–H groups in total. The zero-order valence-electron chi connectivity index (χ0n) is 20.2. The highest BCUT2D eigenvalue weighted by Crippen LogP contribution is 2.40. The minimum atomic E-state index is -1.47.